The number of nitrogens with zero attached hydrogens (tertiary/aromatic N) is 1. The van der Waals surface area contributed by atoms with Crippen LogP contribution >= 0.6 is 0 Å². The summed E-state index contributed by atoms with van der Waals surface area (Å²) >= 11 is 0. The molecule has 2 aliphatic rings. The lowest BCUT2D eigenvalue weighted by molar-refractivity contribution is -0.132. The molecule has 2 atom stereocenters. The fraction of sp³-hybridized carbons (Fsp3) is 0.533. The number of carbonyl (C=O) groups is 1. The lowest BCUT2D eigenvalue weighted by Gasteiger charge is -2.30. The molecule has 1 N–H and O–H groups in total. The Labute approximate surface area is 112 Å². The molecule has 3 rings (SSSR count). The number of rotatable bonds is 3. The summed E-state index contributed by atoms with van der Waals surface area (Å²) in [6, 6.07) is 6.69. The van der Waals surface area contributed by atoms with Gasteiger partial charge in [-0.25, -0.2) is 4.39 Å². The number of carbonyl (C=O) groups excluding carboxylic acids is 1. The normalized spacial score (nSPS) is 25.9. The van der Waals surface area contributed by atoms with Crippen LogP contribution in [0.4, 0.5) is 4.39 Å². The first-order chi connectivity index (χ1) is 9.07. The van der Waals surface area contributed by atoms with E-state index >= 15 is 0 Å². The molecule has 2 fully saturated rings. The molecule has 102 valence electrons. The van der Waals surface area contributed by atoms with E-state index in [9.17, 15) is 9.18 Å². The zero-order chi connectivity index (χ0) is 13.6. The van der Waals surface area contributed by atoms with Gasteiger partial charge in [-0.05, 0) is 43.9 Å². The Kier molecular flexibility index (Phi) is 2.86. The molecule has 0 radical (unpaired) electrons. The molecule has 1 saturated carbocycles. The van der Waals surface area contributed by atoms with Crippen LogP contribution in [-0.4, -0.2) is 22.4 Å². The maximum atomic E-state index is 13.4. The van der Waals surface area contributed by atoms with Crippen molar-refractivity contribution in [2.24, 2.45) is 0 Å². The largest absolute Gasteiger partial charge is 0.319 e. The molecule has 19 heavy (non-hydrogen) atoms. The summed E-state index contributed by atoms with van der Waals surface area (Å²) in [6.45, 7) is 4.12. The molecule has 1 aliphatic carbocycles. The quantitative estimate of drug-likeness (QED) is 0.908. The van der Waals surface area contributed by atoms with Crippen molar-refractivity contribution in [1.82, 2.24) is 10.2 Å². The molecule has 1 aromatic rings. The Balaban J connectivity index is 1.96. The summed E-state index contributed by atoms with van der Waals surface area (Å²) < 4.78 is 13.4. The van der Waals surface area contributed by atoms with Gasteiger partial charge in [0.1, 0.15) is 17.5 Å². The molecular weight excluding hydrogens is 243 g/mol. The van der Waals surface area contributed by atoms with Gasteiger partial charge in [0.2, 0.25) is 5.91 Å². The molecule has 1 heterocycles. The van der Waals surface area contributed by atoms with Crippen LogP contribution < -0.4 is 5.32 Å². The molecule has 2 unspecified atom stereocenters. The van der Waals surface area contributed by atoms with Crippen LogP contribution in [0.5, 0.6) is 0 Å². The van der Waals surface area contributed by atoms with Gasteiger partial charge in [-0.1, -0.05) is 19.1 Å². The highest BCUT2D eigenvalue weighted by Gasteiger charge is 2.60. The Morgan fingerprint density at radius 2 is 2.26 bits per heavy atom. The highest BCUT2D eigenvalue weighted by atomic mass is 19.1. The lowest BCUT2D eigenvalue weighted by Crippen LogP contribution is -2.38. The van der Waals surface area contributed by atoms with E-state index in [0.717, 1.165) is 24.8 Å². The van der Waals surface area contributed by atoms with Crippen molar-refractivity contribution in [3.8, 4) is 0 Å². The highest BCUT2D eigenvalue weighted by molar-refractivity contribution is 5.92. The van der Waals surface area contributed by atoms with E-state index in [1.807, 2.05) is 17.9 Å². The molecule has 1 spiro atoms. The Morgan fingerprint density at radius 1 is 1.53 bits per heavy atom. The third kappa shape index (κ3) is 1.94. The van der Waals surface area contributed by atoms with E-state index in [1.54, 1.807) is 6.07 Å². The van der Waals surface area contributed by atoms with Gasteiger partial charge < -0.3 is 4.90 Å². The molecule has 0 bridgehead atoms. The monoisotopic (exact) mass is 262 g/mol. The van der Waals surface area contributed by atoms with Crippen molar-refractivity contribution in [2.75, 3.05) is 0 Å². The number of nitrogens with one attached hydrogen (secondary N) is 1. The van der Waals surface area contributed by atoms with Crippen LogP contribution in [0.1, 0.15) is 44.8 Å². The van der Waals surface area contributed by atoms with Crippen LogP contribution in [0.3, 0.4) is 0 Å². The molecule has 1 aromatic carbocycles. The standard InChI is InChI=1S/C15H19FN2O/c1-3-10(2)18-13(11-5-4-6-12(16)9-11)17-15(7-8-15)14(18)19/h4-6,9-10,13,17H,3,7-8H2,1-2H3. The third-order valence-electron chi connectivity index (χ3n) is 4.32. The van der Waals surface area contributed by atoms with Crippen molar-refractivity contribution in [3.05, 3.63) is 35.6 Å². The fourth-order valence-corrected chi connectivity index (χ4v) is 2.81. The first-order valence-electron chi connectivity index (χ1n) is 6.93. The molecule has 1 aliphatic heterocycles. The van der Waals surface area contributed by atoms with Crippen molar-refractivity contribution in [2.45, 2.75) is 50.9 Å². The van der Waals surface area contributed by atoms with E-state index in [4.69, 9.17) is 0 Å². The van der Waals surface area contributed by atoms with Crippen molar-refractivity contribution >= 4 is 5.91 Å². The first kappa shape index (κ1) is 12.6. The zero-order valence-electron chi connectivity index (χ0n) is 11.3. The van der Waals surface area contributed by atoms with Crippen LogP contribution in [0.25, 0.3) is 0 Å². The summed E-state index contributed by atoms with van der Waals surface area (Å²) in [5.74, 6) is -0.0799. The predicted molar refractivity (Wildman–Crippen MR) is 70.8 cm³/mol. The van der Waals surface area contributed by atoms with E-state index in [1.165, 1.54) is 12.1 Å². The Bertz CT molecular complexity index is 513. The van der Waals surface area contributed by atoms with Crippen LogP contribution in [0.15, 0.2) is 24.3 Å². The van der Waals surface area contributed by atoms with Gasteiger partial charge >= 0.3 is 0 Å². The van der Waals surface area contributed by atoms with E-state index in [-0.39, 0.29) is 29.5 Å². The minimum Gasteiger partial charge on any atom is -0.319 e. The van der Waals surface area contributed by atoms with Gasteiger partial charge in [-0.3, -0.25) is 10.1 Å². The topological polar surface area (TPSA) is 32.3 Å². The van der Waals surface area contributed by atoms with Gasteiger partial charge in [0.25, 0.3) is 0 Å². The average molecular weight is 262 g/mol. The zero-order valence-corrected chi connectivity index (χ0v) is 11.3. The van der Waals surface area contributed by atoms with Crippen molar-refractivity contribution in [1.29, 1.82) is 0 Å². The average Bonchev–Trinajstić information content (AvgIpc) is 3.12. The Morgan fingerprint density at radius 3 is 2.84 bits per heavy atom. The minimum atomic E-state index is -0.361. The molecule has 0 aromatic heterocycles. The summed E-state index contributed by atoms with van der Waals surface area (Å²) in [6.07, 6.45) is 2.49. The fourth-order valence-electron chi connectivity index (χ4n) is 2.81. The smallest absolute Gasteiger partial charge is 0.244 e. The molecule has 4 heteroatoms. The third-order valence-corrected chi connectivity index (χ3v) is 4.32. The number of hydrogen-bond acceptors (Lipinski definition) is 2. The second-order valence-corrected chi connectivity index (χ2v) is 5.65. The number of amides is 1. The lowest BCUT2D eigenvalue weighted by atomic mass is 10.1. The second kappa shape index (κ2) is 4.30. The number of benzene rings is 1. The Hall–Kier alpha value is -1.42. The van der Waals surface area contributed by atoms with Gasteiger partial charge in [0, 0.05) is 6.04 Å². The van der Waals surface area contributed by atoms with E-state index in [2.05, 4.69) is 12.2 Å². The van der Waals surface area contributed by atoms with E-state index < -0.39 is 0 Å². The summed E-state index contributed by atoms with van der Waals surface area (Å²) in [5, 5.41) is 3.41. The summed E-state index contributed by atoms with van der Waals surface area (Å²) in [4.78, 5) is 14.4. The summed E-state index contributed by atoms with van der Waals surface area (Å²) in [5.41, 5.74) is 0.470. The van der Waals surface area contributed by atoms with Crippen LogP contribution in [0, 0.1) is 5.82 Å². The molecular formula is C15H19FN2O. The number of halogens is 1. The van der Waals surface area contributed by atoms with Crippen molar-refractivity contribution < 1.29 is 9.18 Å². The van der Waals surface area contributed by atoms with E-state index in [0.29, 0.717) is 0 Å². The van der Waals surface area contributed by atoms with Crippen molar-refractivity contribution in [3.63, 3.8) is 0 Å². The van der Waals surface area contributed by atoms with Gasteiger partial charge in [-0.15, -0.1) is 0 Å². The number of hydrogen-bond donors (Lipinski definition) is 1. The maximum absolute atomic E-state index is 13.4. The van der Waals surface area contributed by atoms with Crippen LogP contribution in [0.2, 0.25) is 0 Å². The molecule has 3 nitrogen and oxygen atoms in total. The second-order valence-electron chi connectivity index (χ2n) is 5.65. The predicted octanol–water partition coefficient (Wildman–Crippen LogP) is 2.59. The highest BCUT2D eigenvalue weighted by Crippen LogP contribution is 2.46. The van der Waals surface area contributed by atoms with Gasteiger partial charge in [-0.2, -0.15) is 0 Å². The maximum Gasteiger partial charge on any atom is 0.244 e. The van der Waals surface area contributed by atoms with Crippen LogP contribution in [-0.2, 0) is 4.79 Å². The first-order valence-corrected chi connectivity index (χ1v) is 6.93. The summed E-state index contributed by atoms with van der Waals surface area (Å²) in [7, 11) is 0. The molecule has 1 saturated heterocycles. The van der Waals surface area contributed by atoms with Gasteiger partial charge in [0.05, 0.1) is 0 Å². The minimum absolute atomic E-state index is 0.160. The van der Waals surface area contributed by atoms with Gasteiger partial charge in [0.15, 0.2) is 0 Å². The SMILES string of the molecule is CCC(C)N1C(=O)C2(CC2)NC1c1cccc(F)c1. The molecule has 1 amide bonds.